The molecular formula is C21H17BrFN3O3. The van der Waals surface area contributed by atoms with E-state index in [1.165, 1.54) is 12.1 Å². The summed E-state index contributed by atoms with van der Waals surface area (Å²) in [6.07, 6.45) is 1.65. The van der Waals surface area contributed by atoms with E-state index >= 15 is 0 Å². The van der Waals surface area contributed by atoms with Gasteiger partial charge in [-0.3, -0.25) is 14.6 Å². The van der Waals surface area contributed by atoms with E-state index in [1.807, 2.05) is 12.1 Å². The lowest BCUT2D eigenvalue weighted by Crippen LogP contribution is -2.24. The molecule has 0 radical (unpaired) electrons. The van der Waals surface area contributed by atoms with Crippen molar-refractivity contribution in [1.82, 2.24) is 10.3 Å². The lowest BCUT2D eigenvalue weighted by Gasteiger charge is -2.10. The molecule has 0 aliphatic heterocycles. The van der Waals surface area contributed by atoms with E-state index in [9.17, 15) is 14.0 Å². The Bertz CT molecular complexity index is 1020. The molecule has 0 unspecified atom stereocenters. The Morgan fingerprint density at radius 2 is 1.93 bits per heavy atom. The highest BCUT2D eigenvalue weighted by atomic mass is 79.9. The van der Waals surface area contributed by atoms with Crippen LogP contribution in [0.5, 0.6) is 5.75 Å². The SMILES string of the molecule is O=C(COc1ccc(Br)cc1F)Nc1cccc(C(=O)NCc2ccccn2)c1. The number of ether oxygens (including phenoxy) is 1. The molecular weight excluding hydrogens is 441 g/mol. The van der Waals surface area contributed by atoms with E-state index in [1.54, 1.807) is 42.6 Å². The van der Waals surface area contributed by atoms with Gasteiger partial charge in [-0.1, -0.05) is 28.1 Å². The van der Waals surface area contributed by atoms with Crippen molar-refractivity contribution in [2.75, 3.05) is 11.9 Å². The van der Waals surface area contributed by atoms with Gasteiger partial charge >= 0.3 is 0 Å². The summed E-state index contributed by atoms with van der Waals surface area (Å²) in [5.41, 5.74) is 1.56. The molecule has 0 saturated carbocycles. The minimum absolute atomic E-state index is 0.0222. The summed E-state index contributed by atoms with van der Waals surface area (Å²) in [6.45, 7) is -0.0719. The fraction of sp³-hybridized carbons (Fsp3) is 0.0952. The van der Waals surface area contributed by atoms with Gasteiger partial charge in [-0.15, -0.1) is 0 Å². The van der Waals surface area contributed by atoms with Gasteiger partial charge in [0.2, 0.25) is 0 Å². The number of carbonyl (C=O) groups is 2. The molecule has 6 nitrogen and oxygen atoms in total. The Labute approximate surface area is 175 Å². The zero-order chi connectivity index (χ0) is 20.6. The van der Waals surface area contributed by atoms with Gasteiger partial charge in [0, 0.05) is 21.9 Å². The number of rotatable bonds is 7. The standard InChI is InChI=1S/C21H17BrFN3O3/c22-15-7-8-19(18(23)11-15)29-13-20(27)26-16-6-3-4-14(10-16)21(28)25-12-17-5-1-2-9-24-17/h1-11H,12-13H2,(H,25,28)(H,26,27). The molecule has 2 amide bonds. The van der Waals surface area contributed by atoms with Crippen LogP contribution in [0, 0.1) is 5.82 Å². The van der Waals surface area contributed by atoms with Crippen LogP contribution in [0.4, 0.5) is 10.1 Å². The van der Waals surface area contributed by atoms with Gasteiger partial charge in [0.1, 0.15) is 0 Å². The molecule has 0 atom stereocenters. The van der Waals surface area contributed by atoms with Crippen molar-refractivity contribution < 1.29 is 18.7 Å². The molecule has 3 aromatic rings. The summed E-state index contributed by atoms with van der Waals surface area (Å²) in [5.74, 6) is -1.36. The van der Waals surface area contributed by atoms with Crippen molar-refractivity contribution in [3.05, 3.63) is 88.4 Å². The summed E-state index contributed by atoms with van der Waals surface area (Å²) in [4.78, 5) is 28.5. The number of hydrogen-bond acceptors (Lipinski definition) is 4. The minimum Gasteiger partial charge on any atom is -0.481 e. The van der Waals surface area contributed by atoms with E-state index in [4.69, 9.17) is 4.74 Å². The fourth-order valence-corrected chi connectivity index (χ4v) is 2.78. The molecule has 0 fully saturated rings. The van der Waals surface area contributed by atoms with Crippen molar-refractivity contribution in [2.24, 2.45) is 0 Å². The van der Waals surface area contributed by atoms with Crippen LogP contribution < -0.4 is 15.4 Å². The van der Waals surface area contributed by atoms with Gasteiger partial charge < -0.3 is 15.4 Å². The van der Waals surface area contributed by atoms with Crippen LogP contribution in [0.25, 0.3) is 0 Å². The molecule has 148 valence electrons. The second-order valence-corrected chi connectivity index (χ2v) is 6.91. The normalized spacial score (nSPS) is 10.3. The first-order valence-electron chi connectivity index (χ1n) is 8.67. The smallest absolute Gasteiger partial charge is 0.262 e. The lowest BCUT2D eigenvalue weighted by molar-refractivity contribution is -0.118. The number of benzene rings is 2. The average Bonchev–Trinajstić information content (AvgIpc) is 2.72. The number of aromatic nitrogens is 1. The third kappa shape index (κ3) is 6.11. The summed E-state index contributed by atoms with van der Waals surface area (Å²) in [6, 6.07) is 16.2. The van der Waals surface area contributed by atoms with Crippen LogP contribution in [0.2, 0.25) is 0 Å². The molecule has 0 aliphatic rings. The molecule has 0 saturated heterocycles. The number of hydrogen-bond donors (Lipinski definition) is 2. The molecule has 29 heavy (non-hydrogen) atoms. The molecule has 0 aliphatic carbocycles. The summed E-state index contributed by atoms with van der Waals surface area (Å²) in [5, 5.41) is 5.39. The number of amides is 2. The number of halogens is 2. The lowest BCUT2D eigenvalue weighted by atomic mass is 10.2. The molecule has 2 aromatic carbocycles. The summed E-state index contributed by atoms with van der Waals surface area (Å²) >= 11 is 3.15. The largest absolute Gasteiger partial charge is 0.481 e. The fourth-order valence-electron chi connectivity index (χ4n) is 2.45. The molecule has 2 N–H and O–H groups in total. The van der Waals surface area contributed by atoms with Gasteiger partial charge in [-0.25, -0.2) is 4.39 Å². The maximum Gasteiger partial charge on any atom is 0.262 e. The predicted molar refractivity (Wildman–Crippen MR) is 110 cm³/mol. The topological polar surface area (TPSA) is 80.3 Å². The molecule has 0 bridgehead atoms. The van der Waals surface area contributed by atoms with Crippen molar-refractivity contribution in [3.63, 3.8) is 0 Å². The van der Waals surface area contributed by atoms with Gasteiger partial charge in [-0.2, -0.15) is 0 Å². The Balaban J connectivity index is 1.54. The Morgan fingerprint density at radius 1 is 1.07 bits per heavy atom. The monoisotopic (exact) mass is 457 g/mol. The second kappa shape index (κ2) is 9.79. The van der Waals surface area contributed by atoms with Gasteiger partial charge in [-0.05, 0) is 48.5 Å². The van der Waals surface area contributed by atoms with E-state index in [2.05, 4.69) is 31.5 Å². The predicted octanol–water partition coefficient (Wildman–Crippen LogP) is 3.93. The molecule has 3 rings (SSSR count). The van der Waals surface area contributed by atoms with Crippen LogP contribution in [0.15, 0.2) is 71.3 Å². The third-order valence-corrected chi connectivity index (χ3v) is 4.31. The highest BCUT2D eigenvalue weighted by Crippen LogP contribution is 2.21. The number of nitrogens with zero attached hydrogens (tertiary/aromatic N) is 1. The van der Waals surface area contributed by atoms with E-state index in [0.29, 0.717) is 22.3 Å². The molecule has 0 spiro atoms. The molecule has 8 heteroatoms. The first-order valence-corrected chi connectivity index (χ1v) is 9.46. The molecule has 1 heterocycles. The number of pyridine rings is 1. The van der Waals surface area contributed by atoms with Gasteiger partial charge in [0.15, 0.2) is 18.2 Å². The Kier molecular flexibility index (Phi) is 6.91. The van der Waals surface area contributed by atoms with Crippen molar-refractivity contribution in [3.8, 4) is 5.75 Å². The zero-order valence-electron chi connectivity index (χ0n) is 15.2. The van der Waals surface area contributed by atoms with E-state index < -0.39 is 11.7 Å². The van der Waals surface area contributed by atoms with Crippen LogP contribution >= 0.6 is 15.9 Å². The Hall–Kier alpha value is -3.26. The van der Waals surface area contributed by atoms with E-state index in [0.717, 1.165) is 5.69 Å². The maximum atomic E-state index is 13.7. The van der Waals surface area contributed by atoms with Crippen LogP contribution in [0.3, 0.4) is 0 Å². The molecule has 1 aromatic heterocycles. The van der Waals surface area contributed by atoms with Crippen molar-refractivity contribution >= 4 is 33.4 Å². The van der Waals surface area contributed by atoms with E-state index in [-0.39, 0.29) is 18.3 Å². The maximum absolute atomic E-state index is 13.7. The quantitative estimate of drug-likeness (QED) is 0.563. The van der Waals surface area contributed by atoms with Gasteiger partial charge in [0.05, 0.1) is 12.2 Å². The second-order valence-electron chi connectivity index (χ2n) is 6.00. The van der Waals surface area contributed by atoms with Crippen LogP contribution in [0.1, 0.15) is 16.1 Å². The minimum atomic E-state index is -0.571. The van der Waals surface area contributed by atoms with Crippen LogP contribution in [-0.2, 0) is 11.3 Å². The highest BCUT2D eigenvalue weighted by Gasteiger charge is 2.10. The highest BCUT2D eigenvalue weighted by molar-refractivity contribution is 9.10. The average molecular weight is 458 g/mol. The summed E-state index contributed by atoms with van der Waals surface area (Å²) < 4.78 is 19.5. The van der Waals surface area contributed by atoms with Crippen LogP contribution in [-0.4, -0.2) is 23.4 Å². The van der Waals surface area contributed by atoms with Crippen molar-refractivity contribution in [1.29, 1.82) is 0 Å². The zero-order valence-corrected chi connectivity index (χ0v) is 16.8. The Morgan fingerprint density at radius 3 is 2.69 bits per heavy atom. The number of anilines is 1. The first kappa shape index (κ1) is 20.5. The summed E-state index contributed by atoms with van der Waals surface area (Å²) in [7, 11) is 0. The van der Waals surface area contributed by atoms with Crippen molar-refractivity contribution in [2.45, 2.75) is 6.54 Å². The third-order valence-electron chi connectivity index (χ3n) is 3.82. The van der Waals surface area contributed by atoms with Gasteiger partial charge in [0.25, 0.3) is 11.8 Å². The number of carbonyl (C=O) groups excluding carboxylic acids is 2. The first-order chi connectivity index (χ1) is 14.0. The number of nitrogens with one attached hydrogen (secondary N) is 2.